The quantitative estimate of drug-likeness (QED) is 0.222. The fourth-order valence-electron chi connectivity index (χ4n) is 2.94. The van der Waals surface area contributed by atoms with E-state index < -0.39 is 91.3 Å². The highest BCUT2D eigenvalue weighted by atomic mass is 31.2. The van der Waals surface area contributed by atoms with Gasteiger partial charge in [0.05, 0.1) is 19.0 Å². The number of carbonyl (C=O) groups excluding carboxylic acids is 1. The van der Waals surface area contributed by atoms with Gasteiger partial charge in [-0.05, 0) is 6.08 Å². The van der Waals surface area contributed by atoms with Gasteiger partial charge in [0.2, 0.25) is 17.9 Å². The van der Waals surface area contributed by atoms with Crippen molar-refractivity contribution in [3.05, 3.63) is 89.5 Å². The van der Waals surface area contributed by atoms with E-state index in [0.717, 1.165) is 6.08 Å². The molecule has 0 aromatic carbocycles. The number of carbonyl (C=O) groups is 1. The third kappa shape index (κ3) is 6.39. The van der Waals surface area contributed by atoms with Crippen molar-refractivity contribution in [1.29, 1.82) is 0 Å². The summed E-state index contributed by atoms with van der Waals surface area (Å²) in [6.07, 6.45) is -3.17. The van der Waals surface area contributed by atoms with Crippen LogP contribution in [0.3, 0.4) is 0 Å². The van der Waals surface area contributed by atoms with Gasteiger partial charge < -0.3 is 29.1 Å². The number of hydrogen-bond donors (Lipinski definition) is 5. The lowest BCUT2D eigenvalue weighted by atomic mass is 10.3. The first-order valence-corrected chi connectivity index (χ1v) is 11.1. The van der Waals surface area contributed by atoms with Gasteiger partial charge in [0.25, 0.3) is 19.5 Å². The Kier molecular flexibility index (Phi) is 8.92. The van der Waals surface area contributed by atoms with E-state index in [2.05, 4.69) is 4.74 Å². The number of aromatic nitrogens is 4. The molecule has 0 fully saturated rings. The fourth-order valence-corrected chi connectivity index (χ4v) is 3.14. The SMILES string of the molecule is O=C(O[C@@H]1C=C(F)[C@H](n2cc(F)c(=O)[nH]c2=O)O1)P(O)O.O=c1[nH]c(=O)n([C@@H]2O[C@H](CO)C=C2F)cc1F. The first-order chi connectivity index (χ1) is 17.8. The minimum Gasteiger partial charge on any atom is -0.425 e. The van der Waals surface area contributed by atoms with Crippen LogP contribution in [-0.4, -0.2) is 58.7 Å². The van der Waals surface area contributed by atoms with E-state index in [1.165, 1.54) is 0 Å². The molecular formula is C18H15F4N4O11P. The maximum atomic E-state index is 13.6. The summed E-state index contributed by atoms with van der Waals surface area (Å²) in [6.45, 7) is -0.468. The smallest absolute Gasteiger partial charge is 0.386 e. The molecule has 2 aliphatic heterocycles. The van der Waals surface area contributed by atoms with Crippen LogP contribution in [0.15, 0.2) is 55.4 Å². The van der Waals surface area contributed by atoms with Gasteiger partial charge in [-0.2, -0.15) is 8.78 Å². The van der Waals surface area contributed by atoms with Crippen LogP contribution in [0, 0.1) is 11.6 Å². The Morgan fingerprint density at radius 3 is 1.82 bits per heavy atom. The summed E-state index contributed by atoms with van der Waals surface area (Å²) in [7, 11) is -3.05. The van der Waals surface area contributed by atoms with Crippen LogP contribution >= 0.6 is 8.38 Å². The minimum absolute atomic E-state index is 0.400. The van der Waals surface area contributed by atoms with Crippen molar-refractivity contribution in [3.8, 4) is 0 Å². The van der Waals surface area contributed by atoms with Crippen molar-refractivity contribution in [3.63, 3.8) is 0 Å². The predicted octanol–water partition coefficient (Wildman–Crippen LogP) is -0.764. The highest BCUT2D eigenvalue weighted by Gasteiger charge is 2.34. The van der Waals surface area contributed by atoms with Crippen molar-refractivity contribution in [1.82, 2.24) is 19.1 Å². The zero-order valence-corrected chi connectivity index (χ0v) is 19.2. The molecule has 15 nitrogen and oxygen atoms in total. The summed E-state index contributed by atoms with van der Waals surface area (Å²) in [4.78, 5) is 75.7. The topological polar surface area (TPSA) is 215 Å². The molecular weight excluding hydrogens is 555 g/mol. The van der Waals surface area contributed by atoms with Crippen molar-refractivity contribution in [2.45, 2.75) is 24.8 Å². The standard InChI is InChI=1S/C9H7F2N2O7P.C9H8F2N2O4/c10-3-1-5(20-9(16)21(17)18)19-7(3)13-2-4(11)6(14)12-8(13)15;10-5-1-4(3-14)17-8(5)13-2-6(11)7(15)12-9(13)16/h1-2,5,7,17-18H,(H,12,14,15);1-2,4,8,14H,3H2,(H,12,15,16)/t5-,7-;4-,8+/m10/s1. The Bertz CT molecular complexity index is 1520. The van der Waals surface area contributed by atoms with Crippen molar-refractivity contribution in [2.75, 3.05) is 6.61 Å². The van der Waals surface area contributed by atoms with Gasteiger partial charge >= 0.3 is 17.1 Å². The molecule has 0 bridgehead atoms. The number of nitrogens with one attached hydrogen (secondary N) is 2. The Morgan fingerprint density at radius 2 is 1.37 bits per heavy atom. The van der Waals surface area contributed by atoms with Crippen LogP contribution in [0.25, 0.3) is 0 Å². The van der Waals surface area contributed by atoms with Gasteiger partial charge in [-0.3, -0.25) is 28.7 Å². The zero-order chi connectivity index (χ0) is 28.3. The van der Waals surface area contributed by atoms with Crippen LogP contribution in [0.5, 0.6) is 0 Å². The normalized spacial score (nSPS) is 22.5. The molecule has 0 aliphatic carbocycles. The Labute approximate surface area is 206 Å². The summed E-state index contributed by atoms with van der Waals surface area (Å²) in [5.74, 6) is -4.51. The summed E-state index contributed by atoms with van der Waals surface area (Å²) >= 11 is 0. The van der Waals surface area contributed by atoms with Crippen LogP contribution in [-0.2, 0) is 14.2 Å². The first-order valence-electron chi connectivity index (χ1n) is 9.89. The van der Waals surface area contributed by atoms with Crippen molar-refractivity contribution >= 4 is 14.1 Å². The van der Waals surface area contributed by atoms with E-state index in [9.17, 15) is 41.5 Å². The van der Waals surface area contributed by atoms with E-state index in [1.807, 2.05) is 0 Å². The number of nitrogens with zero attached hydrogens (tertiary/aromatic N) is 2. The Morgan fingerprint density at radius 1 is 0.895 bits per heavy atom. The van der Waals surface area contributed by atoms with Gasteiger partial charge in [-0.25, -0.2) is 23.2 Å². The third-order valence-corrected chi connectivity index (χ3v) is 5.03. The Balaban J connectivity index is 0.000000215. The molecule has 0 radical (unpaired) electrons. The van der Waals surface area contributed by atoms with Crippen LogP contribution in [0.2, 0.25) is 0 Å². The van der Waals surface area contributed by atoms with E-state index >= 15 is 0 Å². The second kappa shape index (κ2) is 11.8. The number of hydrogen-bond acceptors (Lipinski definition) is 11. The van der Waals surface area contributed by atoms with E-state index in [0.29, 0.717) is 27.6 Å². The predicted molar refractivity (Wildman–Crippen MR) is 114 cm³/mol. The van der Waals surface area contributed by atoms with Crippen LogP contribution in [0.1, 0.15) is 12.5 Å². The lowest BCUT2D eigenvalue weighted by Gasteiger charge is -2.16. The maximum absolute atomic E-state index is 13.6. The maximum Gasteiger partial charge on any atom is 0.386 e. The number of ether oxygens (including phenoxy) is 3. The highest BCUT2D eigenvalue weighted by molar-refractivity contribution is 7.63. The Hall–Kier alpha value is -3.74. The highest BCUT2D eigenvalue weighted by Crippen LogP contribution is 2.33. The summed E-state index contributed by atoms with van der Waals surface area (Å²) in [5.41, 5.74) is -6.06. The molecule has 5 N–H and O–H groups in total. The van der Waals surface area contributed by atoms with Crippen molar-refractivity contribution < 1.29 is 51.5 Å². The lowest BCUT2D eigenvalue weighted by Crippen LogP contribution is -2.34. The molecule has 2 aliphatic rings. The molecule has 2 aromatic rings. The average molecular weight is 570 g/mol. The first kappa shape index (κ1) is 28.8. The number of aromatic amines is 2. The number of aliphatic hydroxyl groups excluding tert-OH is 1. The molecule has 2 aromatic heterocycles. The molecule has 20 heteroatoms. The summed E-state index contributed by atoms with van der Waals surface area (Å²) < 4.78 is 68.2. The minimum atomic E-state index is -3.05. The fraction of sp³-hybridized carbons (Fsp3) is 0.278. The number of halogens is 4. The monoisotopic (exact) mass is 570 g/mol. The molecule has 206 valence electrons. The molecule has 38 heavy (non-hydrogen) atoms. The number of aliphatic hydroxyl groups is 1. The van der Waals surface area contributed by atoms with E-state index in [1.54, 1.807) is 9.97 Å². The number of H-pyrrole nitrogens is 2. The van der Waals surface area contributed by atoms with Gasteiger partial charge in [-0.1, -0.05) is 0 Å². The second-order valence-electron chi connectivity index (χ2n) is 7.13. The molecule has 0 saturated carbocycles. The molecule has 4 rings (SSSR count). The summed E-state index contributed by atoms with van der Waals surface area (Å²) in [5, 5.41) is 8.76. The van der Waals surface area contributed by atoms with E-state index in [-0.39, 0.29) is 0 Å². The molecule has 0 unspecified atom stereocenters. The molecule has 0 spiro atoms. The van der Waals surface area contributed by atoms with Gasteiger partial charge in [0.1, 0.15) is 11.9 Å². The van der Waals surface area contributed by atoms with Crippen LogP contribution in [0.4, 0.5) is 22.4 Å². The number of rotatable bonds is 5. The van der Waals surface area contributed by atoms with Crippen molar-refractivity contribution in [2.24, 2.45) is 0 Å². The molecule has 4 atom stereocenters. The molecule has 0 amide bonds. The molecule has 4 heterocycles. The largest absolute Gasteiger partial charge is 0.425 e. The van der Waals surface area contributed by atoms with Crippen LogP contribution < -0.4 is 22.5 Å². The zero-order valence-electron chi connectivity index (χ0n) is 18.3. The molecule has 0 saturated heterocycles. The second-order valence-corrected chi connectivity index (χ2v) is 8.07. The van der Waals surface area contributed by atoms with E-state index in [4.69, 9.17) is 24.4 Å². The van der Waals surface area contributed by atoms with Gasteiger partial charge in [0.15, 0.2) is 18.3 Å². The van der Waals surface area contributed by atoms with Gasteiger partial charge in [-0.15, -0.1) is 0 Å². The summed E-state index contributed by atoms with van der Waals surface area (Å²) in [6, 6.07) is 0. The van der Waals surface area contributed by atoms with Gasteiger partial charge in [0, 0.05) is 6.08 Å². The average Bonchev–Trinajstić information content (AvgIpc) is 3.40. The third-order valence-electron chi connectivity index (χ3n) is 4.59. The lowest BCUT2D eigenvalue weighted by molar-refractivity contribution is -0.104.